The molecule has 0 radical (unpaired) electrons. The molecule has 0 aromatic heterocycles. The lowest BCUT2D eigenvalue weighted by molar-refractivity contribution is -0.141. The summed E-state index contributed by atoms with van der Waals surface area (Å²) in [4.78, 5) is 36.3. The van der Waals surface area contributed by atoms with Crippen molar-refractivity contribution in [2.75, 3.05) is 25.2 Å². The summed E-state index contributed by atoms with van der Waals surface area (Å²) >= 11 is 1.46. The van der Waals surface area contributed by atoms with Crippen LogP contribution >= 0.6 is 11.8 Å². The minimum atomic E-state index is -1.03. The van der Waals surface area contributed by atoms with Gasteiger partial charge < -0.3 is 20.5 Å². The Labute approximate surface area is 202 Å². The fraction of sp³-hybridized carbons (Fsp3) is 0.640. The van der Waals surface area contributed by atoms with Crippen molar-refractivity contribution in [2.24, 2.45) is 11.3 Å². The highest BCUT2D eigenvalue weighted by atomic mass is 32.2. The maximum Gasteiger partial charge on any atom is 0.327 e. The lowest BCUT2D eigenvalue weighted by Gasteiger charge is -2.20. The van der Waals surface area contributed by atoms with Gasteiger partial charge in [-0.05, 0) is 47.6 Å². The van der Waals surface area contributed by atoms with Gasteiger partial charge in [-0.15, -0.1) is 0 Å². The quantitative estimate of drug-likeness (QED) is 0.347. The number of carboxylic acid groups (broad SMARTS) is 1. The van der Waals surface area contributed by atoms with E-state index in [2.05, 4.69) is 24.5 Å². The highest BCUT2D eigenvalue weighted by Crippen LogP contribution is 2.26. The largest absolute Gasteiger partial charge is 0.497 e. The van der Waals surface area contributed by atoms with Crippen LogP contribution in [0.5, 0.6) is 5.75 Å². The van der Waals surface area contributed by atoms with Gasteiger partial charge in [0.25, 0.3) is 0 Å². The second-order valence-corrected chi connectivity index (χ2v) is 11.0. The standard InChI is InChI=1S/C25H40N2O5S/c1-17(2)14-20(18-8-10-19(32-6)11-9-18)23(29)26-12-7-13-33-16-21(24(30)31)27-22(28)15-25(3,4)5/h8-11,17,20-21H,7,12-16H2,1-6H3,(H,26,29)(H,27,28)(H,30,31). The number of carbonyl (C=O) groups excluding carboxylic acids is 2. The molecule has 3 N–H and O–H groups in total. The number of hydrogen-bond acceptors (Lipinski definition) is 5. The van der Waals surface area contributed by atoms with E-state index in [9.17, 15) is 19.5 Å². The van der Waals surface area contributed by atoms with Crippen molar-refractivity contribution in [2.45, 2.75) is 65.8 Å². The number of hydrogen-bond donors (Lipinski definition) is 3. The molecule has 1 rings (SSSR count). The normalized spacial score (nSPS) is 13.3. The van der Waals surface area contributed by atoms with Gasteiger partial charge >= 0.3 is 5.97 Å². The van der Waals surface area contributed by atoms with Crippen LogP contribution in [0.15, 0.2) is 24.3 Å². The van der Waals surface area contributed by atoms with Crippen LogP contribution in [-0.2, 0) is 14.4 Å². The van der Waals surface area contributed by atoms with E-state index in [4.69, 9.17) is 4.74 Å². The molecule has 0 aliphatic carbocycles. The Hall–Kier alpha value is -2.22. The number of aliphatic carboxylic acids is 1. The average Bonchev–Trinajstić information content (AvgIpc) is 2.71. The van der Waals surface area contributed by atoms with Crippen molar-refractivity contribution in [3.63, 3.8) is 0 Å². The first kappa shape index (κ1) is 28.8. The Kier molecular flexibility index (Phi) is 12.3. The van der Waals surface area contributed by atoms with Gasteiger partial charge in [-0.1, -0.05) is 46.8 Å². The van der Waals surface area contributed by atoms with Crippen molar-refractivity contribution in [1.29, 1.82) is 0 Å². The zero-order chi connectivity index (χ0) is 25.0. The second kappa shape index (κ2) is 14.1. The summed E-state index contributed by atoms with van der Waals surface area (Å²) in [5, 5.41) is 15.0. The average molecular weight is 481 g/mol. The molecule has 0 aliphatic rings. The summed E-state index contributed by atoms with van der Waals surface area (Å²) in [5.74, 6) is 0.604. The molecule has 1 aromatic rings. The van der Waals surface area contributed by atoms with Crippen molar-refractivity contribution in [1.82, 2.24) is 10.6 Å². The van der Waals surface area contributed by atoms with Gasteiger partial charge in [0.15, 0.2) is 0 Å². The predicted octanol–water partition coefficient (Wildman–Crippen LogP) is 4.07. The summed E-state index contributed by atoms with van der Waals surface area (Å²) in [6.07, 6.45) is 1.75. The van der Waals surface area contributed by atoms with E-state index >= 15 is 0 Å². The van der Waals surface area contributed by atoms with Crippen LogP contribution in [0, 0.1) is 11.3 Å². The number of rotatable bonds is 14. The third-order valence-corrected chi connectivity index (χ3v) is 6.06. The number of benzene rings is 1. The summed E-state index contributed by atoms with van der Waals surface area (Å²) in [5.41, 5.74) is 0.768. The first-order valence-electron chi connectivity index (χ1n) is 11.4. The van der Waals surface area contributed by atoms with Gasteiger partial charge in [0, 0.05) is 18.7 Å². The highest BCUT2D eigenvalue weighted by Gasteiger charge is 2.24. The van der Waals surface area contributed by atoms with Gasteiger partial charge in [0.05, 0.1) is 13.0 Å². The summed E-state index contributed by atoms with van der Waals surface area (Å²) in [7, 11) is 1.61. The van der Waals surface area contributed by atoms with Crippen LogP contribution in [-0.4, -0.2) is 54.1 Å². The molecule has 2 atom stereocenters. The van der Waals surface area contributed by atoms with Gasteiger partial charge in [-0.25, -0.2) is 4.79 Å². The monoisotopic (exact) mass is 480 g/mol. The minimum Gasteiger partial charge on any atom is -0.497 e. The molecule has 0 heterocycles. The van der Waals surface area contributed by atoms with Gasteiger partial charge in [-0.3, -0.25) is 9.59 Å². The van der Waals surface area contributed by atoms with Crippen molar-refractivity contribution >= 4 is 29.5 Å². The van der Waals surface area contributed by atoms with Crippen LogP contribution in [0.3, 0.4) is 0 Å². The van der Waals surface area contributed by atoms with E-state index in [0.29, 0.717) is 24.0 Å². The number of thioether (sulfide) groups is 1. The van der Waals surface area contributed by atoms with E-state index in [1.807, 2.05) is 45.0 Å². The fourth-order valence-corrected chi connectivity index (χ4v) is 4.29. The number of carbonyl (C=O) groups is 3. The number of carboxylic acids is 1. The molecule has 0 fully saturated rings. The summed E-state index contributed by atoms with van der Waals surface area (Å²) in [6, 6.07) is 6.69. The highest BCUT2D eigenvalue weighted by molar-refractivity contribution is 7.99. The molecule has 1 aromatic carbocycles. The van der Waals surface area contributed by atoms with Crippen molar-refractivity contribution < 1.29 is 24.2 Å². The third kappa shape index (κ3) is 12.0. The Morgan fingerprint density at radius 3 is 2.27 bits per heavy atom. The van der Waals surface area contributed by atoms with E-state index in [1.54, 1.807) is 7.11 Å². The SMILES string of the molecule is COc1ccc(C(CC(C)C)C(=O)NCCCSCC(NC(=O)CC(C)(C)C)C(=O)O)cc1. The molecule has 0 bridgehead atoms. The number of ether oxygens (including phenoxy) is 1. The van der Waals surface area contributed by atoms with Crippen molar-refractivity contribution in [3.8, 4) is 5.75 Å². The topological polar surface area (TPSA) is 105 Å². The fourth-order valence-electron chi connectivity index (χ4n) is 3.31. The van der Waals surface area contributed by atoms with E-state index in [1.165, 1.54) is 11.8 Å². The number of methoxy groups -OCH3 is 1. The second-order valence-electron chi connectivity index (χ2n) is 9.87. The Morgan fingerprint density at radius 1 is 1.12 bits per heavy atom. The summed E-state index contributed by atoms with van der Waals surface area (Å²) < 4.78 is 5.20. The molecular formula is C25H40N2O5S. The molecule has 33 heavy (non-hydrogen) atoms. The molecule has 0 saturated carbocycles. The van der Waals surface area contributed by atoms with Gasteiger partial charge in [0.1, 0.15) is 11.8 Å². The van der Waals surface area contributed by atoms with Crippen LogP contribution in [0.25, 0.3) is 0 Å². The summed E-state index contributed by atoms with van der Waals surface area (Å²) in [6.45, 7) is 10.5. The smallest absolute Gasteiger partial charge is 0.327 e. The lowest BCUT2D eigenvalue weighted by atomic mass is 9.89. The van der Waals surface area contributed by atoms with E-state index in [-0.39, 0.29) is 29.6 Å². The zero-order valence-electron chi connectivity index (χ0n) is 20.8. The van der Waals surface area contributed by atoms with Gasteiger partial charge in [0.2, 0.25) is 11.8 Å². The molecule has 2 amide bonds. The molecule has 8 heteroatoms. The van der Waals surface area contributed by atoms with Crippen molar-refractivity contribution in [3.05, 3.63) is 29.8 Å². The first-order valence-corrected chi connectivity index (χ1v) is 12.6. The van der Waals surface area contributed by atoms with Crippen LogP contribution in [0.2, 0.25) is 0 Å². The van der Waals surface area contributed by atoms with Crippen LogP contribution in [0.4, 0.5) is 0 Å². The van der Waals surface area contributed by atoms with E-state index in [0.717, 1.165) is 24.2 Å². The molecule has 0 aliphatic heterocycles. The number of amides is 2. The predicted molar refractivity (Wildman–Crippen MR) is 134 cm³/mol. The van der Waals surface area contributed by atoms with E-state index < -0.39 is 12.0 Å². The van der Waals surface area contributed by atoms with Crippen LogP contribution < -0.4 is 15.4 Å². The Morgan fingerprint density at radius 2 is 1.76 bits per heavy atom. The maximum absolute atomic E-state index is 12.8. The third-order valence-electron chi connectivity index (χ3n) is 4.92. The Bertz CT molecular complexity index is 759. The molecule has 0 spiro atoms. The molecule has 0 saturated heterocycles. The first-order chi connectivity index (χ1) is 15.4. The minimum absolute atomic E-state index is 0.00303. The molecule has 2 unspecified atom stereocenters. The molecular weight excluding hydrogens is 440 g/mol. The maximum atomic E-state index is 12.8. The lowest BCUT2D eigenvalue weighted by Crippen LogP contribution is -2.43. The zero-order valence-corrected chi connectivity index (χ0v) is 21.6. The van der Waals surface area contributed by atoms with Crippen LogP contribution in [0.1, 0.15) is 65.4 Å². The number of nitrogens with one attached hydrogen (secondary N) is 2. The molecule has 7 nitrogen and oxygen atoms in total. The Balaban J connectivity index is 2.46. The molecule has 186 valence electrons. The van der Waals surface area contributed by atoms with Gasteiger partial charge in [-0.2, -0.15) is 11.8 Å².